The number of nitrogens with two attached hydrogens (primary N) is 1. The Morgan fingerprint density at radius 2 is 1.40 bits per heavy atom. The number of aliphatic hydroxyl groups excluding tert-OH is 1. The van der Waals surface area contributed by atoms with Crippen molar-refractivity contribution >= 4 is 17.7 Å². The van der Waals surface area contributed by atoms with Crippen LogP contribution in [0.5, 0.6) is 0 Å². The number of carbonyl (C=O) groups is 3. The molecule has 0 spiro atoms. The summed E-state index contributed by atoms with van der Waals surface area (Å²) in [7, 11) is 0. The van der Waals surface area contributed by atoms with E-state index in [0.717, 1.165) is 6.42 Å². The standard InChI is InChI=1S/C13H26N4O3.2C7H8.C4H8O.2C2H6/c1-9(2)11(17-7-3-5-16-13(17)20)12(19)15-6-4-10(18)8-14;2*1-7-5-3-2-4-6-7;1-3-4(2)5;2*1-2/h9-11,18H,3-8,14H2,1-2H3,(H,15,19)(H,16,20);2*2-6H,1H3;3H2,1-2H3;2*1-2H3. The Bertz CT molecular complexity index is 886. The van der Waals surface area contributed by atoms with Crippen LogP contribution >= 0.6 is 0 Å². The number of aryl methyl sites for hydroxylation is 2. The molecule has 5 N–H and O–H groups in total. The van der Waals surface area contributed by atoms with Gasteiger partial charge in [-0.1, -0.05) is 120 Å². The molecule has 0 radical (unpaired) electrons. The van der Waals surface area contributed by atoms with E-state index in [2.05, 4.69) is 48.7 Å². The maximum Gasteiger partial charge on any atom is 0.318 e. The molecule has 0 bridgehead atoms. The van der Waals surface area contributed by atoms with E-state index in [1.807, 2.05) is 84.9 Å². The number of Topliss-reactive ketones (excluding diaryl/α,β-unsaturated/α-hetero) is 1. The highest BCUT2D eigenvalue weighted by Gasteiger charge is 2.33. The van der Waals surface area contributed by atoms with Gasteiger partial charge in [-0.2, -0.15) is 0 Å². The lowest BCUT2D eigenvalue weighted by molar-refractivity contribution is -0.127. The average Bonchev–Trinajstić information content (AvgIpc) is 3.01. The molecule has 1 fully saturated rings. The molecule has 1 aliphatic rings. The van der Waals surface area contributed by atoms with Gasteiger partial charge in [0.1, 0.15) is 11.8 Å². The van der Waals surface area contributed by atoms with Crippen molar-refractivity contribution in [2.24, 2.45) is 11.7 Å². The molecule has 43 heavy (non-hydrogen) atoms. The number of amides is 3. The fourth-order valence-electron chi connectivity index (χ4n) is 3.37. The van der Waals surface area contributed by atoms with Gasteiger partial charge in [0.25, 0.3) is 0 Å². The maximum absolute atomic E-state index is 12.3. The van der Waals surface area contributed by atoms with Gasteiger partial charge in [-0.25, -0.2) is 4.79 Å². The lowest BCUT2D eigenvalue weighted by atomic mass is 10.0. The van der Waals surface area contributed by atoms with Crippen LogP contribution in [0.25, 0.3) is 0 Å². The van der Waals surface area contributed by atoms with Crippen molar-refractivity contribution in [3.8, 4) is 0 Å². The number of carbonyl (C=O) groups excluding carboxylic acids is 3. The Morgan fingerprint density at radius 1 is 0.953 bits per heavy atom. The van der Waals surface area contributed by atoms with E-state index < -0.39 is 12.1 Å². The highest BCUT2D eigenvalue weighted by atomic mass is 16.3. The summed E-state index contributed by atoms with van der Waals surface area (Å²) < 4.78 is 0. The second-order valence-corrected chi connectivity index (χ2v) is 9.80. The van der Waals surface area contributed by atoms with Crippen LogP contribution in [0.3, 0.4) is 0 Å². The van der Waals surface area contributed by atoms with Gasteiger partial charge < -0.3 is 31.2 Å². The van der Waals surface area contributed by atoms with Crippen molar-refractivity contribution in [2.75, 3.05) is 26.2 Å². The second-order valence-electron chi connectivity index (χ2n) is 9.80. The lowest BCUT2D eigenvalue weighted by Crippen LogP contribution is -2.58. The Morgan fingerprint density at radius 3 is 1.70 bits per heavy atom. The summed E-state index contributed by atoms with van der Waals surface area (Å²) in [5.74, 6) is 0.101. The number of hydrogen-bond acceptors (Lipinski definition) is 5. The van der Waals surface area contributed by atoms with Crippen LogP contribution in [0.2, 0.25) is 0 Å². The number of nitrogens with zero attached hydrogens (tertiary/aromatic N) is 1. The summed E-state index contributed by atoms with van der Waals surface area (Å²) in [5, 5.41) is 14.9. The minimum absolute atomic E-state index is 0.0262. The van der Waals surface area contributed by atoms with E-state index in [-0.39, 0.29) is 30.2 Å². The van der Waals surface area contributed by atoms with Crippen LogP contribution in [0.15, 0.2) is 60.7 Å². The molecule has 3 rings (SSSR count). The van der Waals surface area contributed by atoms with Crippen molar-refractivity contribution in [3.63, 3.8) is 0 Å². The molecule has 0 aliphatic carbocycles. The van der Waals surface area contributed by atoms with E-state index in [1.165, 1.54) is 11.1 Å². The van der Waals surface area contributed by atoms with Crippen molar-refractivity contribution in [1.82, 2.24) is 15.5 Å². The highest BCUT2D eigenvalue weighted by molar-refractivity contribution is 5.87. The van der Waals surface area contributed by atoms with Gasteiger partial charge in [0.15, 0.2) is 0 Å². The van der Waals surface area contributed by atoms with Gasteiger partial charge in [0.05, 0.1) is 6.10 Å². The van der Waals surface area contributed by atoms with E-state index in [0.29, 0.717) is 32.5 Å². The lowest BCUT2D eigenvalue weighted by Gasteiger charge is -2.36. The molecule has 3 amide bonds. The summed E-state index contributed by atoms with van der Waals surface area (Å²) in [4.78, 5) is 35.5. The fourth-order valence-corrected chi connectivity index (χ4v) is 3.37. The SMILES string of the molecule is CC.CC.CC(C)C(C(=O)NCCC(O)CN)N1CCCNC1=O.CCC(C)=O.Cc1ccccc1.Cc1ccccc1. The minimum atomic E-state index is -0.605. The molecule has 2 atom stereocenters. The first-order valence-electron chi connectivity index (χ1n) is 15.8. The van der Waals surface area contributed by atoms with Gasteiger partial charge in [0, 0.05) is 32.6 Å². The third-order valence-electron chi connectivity index (χ3n) is 5.78. The number of rotatable bonds is 8. The molecular weight excluding hydrogens is 540 g/mol. The van der Waals surface area contributed by atoms with E-state index in [1.54, 1.807) is 11.8 Å². The summed E-state index contributed by atoms with van der Waals surface area (Å²) in [5.41, 5.74) is 7.95. The normalized spacial score (nSPS) is 12.7. The molecule has 8 heteroatoms. The summed E-state index contributed by atoms with van der Waals surface area (Å²) in [6.45, 7) is 21.2. The van der Waals surface area contributed by atoms with E-state index in [4.69, 9.17) is 5.73 Å². The van der Waals surface area contributed by atoms with Gasteiger partial charge in [-0.15, -0.1) is 0 Å². The van der Waals surface area contributed by atoms with Gasteiger partial charge in [-0.05, 0) is 39.5 Å². The molecule has 0 saturated carbocycles. The third kappa shape index (κ3) is 25.0. The average molecular weight is 603 g/mol. The van der Waals surface area contributed by atoms with Crippen LogP contribution in [0.1, 0.15) is 85.8 Å². The van der Waals surface area contributed by atoms with Crippen LogP contribution in [0, 0.1) is 19.8 Å². The Balaban J connectivity index is -0.000000565. The molecule has 1 heterocycles. The zero-order valence-electron chi connectivity index (χ0n) is 28.7. The Labute approximate surface area is 262 Å². The molecular formula is C35H62N4O4. The monoisotopic (exact) mass is 602 g/mol. The van der Waals surface area contributed by atoms with E-state index >= 15 is 0 Å². The Kier molecular flexibility index (Phi) is 31.1. The Hall–Kier alpha value is -3.23. The van der Waals surface area contributed by atoms with Crippen molar-refractivity contribution in [2.45, 2.75) is 101 Å². The number of hydrogen-bond donors (Lipinski definition) is 4. The largest absolute Gasteiger partial charge is 0.392 e. The predicted octanol–water partition coefficient (Wildman–Crippen LogP) is 6.28. The molecule has 1 saturated heterocycles. The summed E-state index contributed by atoms with van der Waals surface area (Å²) >= 11 is 0. The molecule has 2 unspecified atom stereocenters. The van der Waals surface area contributed by atoms with Crippen molar-refractivity contribution < 1.29 is 19.5 Å². The summed E-state index contributed by atoms with van der Waals surface area (Å²) in [6.07, 6.45) is 1.32. The van der Waals surface area contributed by atoms with Crippen LogP contribution in [-0.4, -0.2) is 66.1 Å². The highest BCUT2D eigenvalue weighted by Crippen LogP contribution is 2.14. The molecule has 246 valence electrons. The van der Waals surface area contributed by atoms with Crippen LogP contribution in [-0.2, 0) is 9.59 Å². The zero-order chi connectivity index (χ0) is 33.6. The molecule has 0 aromatic heterocycles. The molecule has 2 aromatic carbocycles. The third-order valence-corrected chi connectivity index (χ3v) is 5.78. The van der Waals surface area contributed by atoms with Gasteiger partial charge in [0.2, 0.25) is 5.91 Å². The number of nitrogens with one attached hydrogen (secondary N) is 2. The number of urea groups is 1. The molecule has 2 aromatic rings. The van der Waals surface area contributed by atoms with Crippen LogP contribution < -0.4 is 16.4 Å². The van der Waals surface area contributed by atoms with Crippen molar-refractivity contribution in [3.05, 3.63) is 71.8 Å². The second kappa shape index (κ2) is 30.2. The molecule has 1 aliphatic heterocycles. The molecule has 8 nitrogen and oxygen atoms in total. The first-order valence-corrected chi connectivity index (χ1v) is 15.8. The first kappa shape index (κ1) is 44.2. The van der Waals surface area contributed by atoms with Crippen molar-refractivity contribution in [1.29, 1.82) is 0 Å². The minimum Gasteiger partial charge on any atom is -0.392 e. The smallest absolute Gasteiger partial charge is 0.318 e. The van der Waals surface area contributed by atoms with E-state index in [9.17, 15) is 19.5 Å². The maximum atomic E-state index is 12.3. The number of ketones is 1. The predicted molar refractivity (Wildman–Crippen MR) is 182 cm³/mol. The number of aliphatic hydroxyl groups is 1. The zero-order valence-corrected chi connectivity index (χ0v) is 28.7. The quantitative estimate of drug-likeness (QED) is 0.283. The number of benzene rings is 2. The fraction of sp³-hybridized carbons (Fsp3) is 0.571. The van der Waals surface area contributed by atoms with Gasteiger partial charge >= 0.3 is 6.03 Å². The summed E-state index contributed by atoms with van der Waals surface area (Å²) in [6, 6.07) is 19.9. The first-order chi connectivity index (χ1) is 20.5. The topological polar surface area (TPSA) is 125 Å². The van der Waals surface area contributed by atoms with Gasteiger partial charge in [-0.3, -0.25) is 4.79 Å². The van der Waals surface area contributed by atoms with Crippen LogP contribution in [0.4, 0.5) is 4.79 Å².